The van der Waals surface area contributed by atoms with Gasteiger partial charge < -0.3 is 4.52 Å². The Morgan fingerprint density at radius 2 is 2.09 bits per heavy atom. The Morgan fingerprint density at radius 3 is 2.78 bits per heavy atom. The number of hydrogen-bond acceptors (Lipinski definition) is 4. The van der Waals surface area contributed by atoms with Crippen LogP contribution in [-0.4, -0.2) is 20.8 Å². The molecule has 0 spiro atoms. The third kappa shape index (κ3) is 3.31. The van der Waals surface area contributed by atoms with Gasteiger partial charge in [-0.2, -0.15) is 5.10 Å². The zero-order chi connectivity index (χ0) is 16.2. The number of hydrogen-bond donors (Lipinski definition) is 1. The number of nitrogens with one attached hydrogen (secondary N) is 1. The van der Waals surface area contributed by atoms with Crippen molar-refractivity contribution in [3.05, 3.63) is 54.4 Å². The van der Waals surface area contributed by atoms with Gasteiger partial charge in [-0.25, -0.2) is 0 Å². The molecule has 118 valence electrons. The van der Waals surface area contributed by atoms with Crippen LogP contribution in [0.15, 0.2) is 53.3 Å². The summed E-state index contributed by atoms with van der Waals surface area (Å²) in [5.74, 6) is 0.258. The molecule has 23 heavy (non-hydrogen) atoms. The molecule has 0 aliphatic heterocycles. The van der Waals surface area contributed by atoms with E-state index >= 15 is 0 Å². The molecule has 0 bridgehead atoms. The molecule has 0 fully saturated rings. The van der Waals surface area contributed by atoms with Crippen LogP contribution in [0, 0.1) is 6.92 Å². The topological polar surface area (TPSA) is 73.0 Å². The quantitative estimate of drug-likeness (QED) is 0.783. The van der Waals surface area contributed by atoms with Gasteiger partial charge >= 0.3 is 0 Å². The number of anilines is 1. The van der Waals surface area contributed by atoms with Gasteiger partial charge in [-0.1, -0.05) is 35.5 Å². The van der Waals surface area contributed by atoms with Crippen LogP contribution >= 0.6 is 0 Å². The second-order valence-electron chi connectivity index (χ2n) is 5.44. The summed E-state index contributed by atoms with van der Waals surface area (Å²) in [6.07, 6.45) is 3.84. The predicted octanol–water partition coefficient (Wildman–Crippen LogP) is 3.44. The van der Waals surface area contributed by atoms with Crippen LogP contribution in [0.2, 0.25) is 0 Å². The van der Waals surface area contributed by atoms with E-state index in [0.717, 1.165) is 16.8 Å². The largest absolute Gasteiger partial charge is 0.338 e. The molecule has 3 rings (SSSR count). The Kier molecular flexibility index (Phi) is 4.23. The van der Waals surface area contributed by atoms with Crippen LogP contribution < -0.4 is 5.32 Å². The Hall–Kier alpha value is -2.89. The number of carbonyl (C=O) groups excluding carboxylic acids is 1. The van der Waals surface area contributed by atoms with Gasteiger partial charge in [0.15, 0.2) is 0 Å². The van der Waals surface area contributed by atoms with Gasteiger partial charge in [-0.15, -0.1) is 0 Å². The van der Waals surface area contributed by atoms with Gasteiger partial charge in [0, 0.05) is 29.9 Å². The van der Waals surface area contributed by atoms with Gasteiger partial charge in [0.25, 0.3) is 0 Å². The lowest BCUT2D eigenvalue weighted by atomic mass is 10.1. The minimum Gasteiger partial charge on any atom is -0.338 e. The van der Waals surface area contributed by atoms with Gasteiger partial charge in [-0.3, -0.25) is 14.8 Å². The first-order chi connectivity index (χ1) is 11.1. The number of nitrogens with zero attached hydrogens (tertiary/aromatic N) is 3. The van der Waals surface area contributed by atoms with Gasteiger partial charge in [0.2, 0.25) is 11.8 Å². The minimum atomic E-state index is -0.133. The van der Waals surface area contributed by atoms with E-state index in [-0.39, 0.29) is 11.9 Å². The third-order valence-electron chi connectivity index (χ3n) is 3.68. The summed E-state index contributed by atoms with van der Waals surface area (Å²) in [5, 5.41) is 11.0. The van der Waals surface area contributed by atoms with Gasteiger partial charge in [0.05, 0.1) is 6.04 Å². The van der Waals surface area contributed by atoms with Crippen LogP contribution in [-0.2, 0) is 4.79 Å². The van der Waals surface area contributed by atoms with Crippen molar-refractivity contribution in [3.63, 3.8) is 0 Å². The Morgan fingerprint density at radius 1 is 1.30 bits per heavy atom. The lowest BCUT2D eigenvalue weighted by Gasteiger charge is -2.11. The molecule has 1 aromatic carbocycles. The second-order valence-corrected chi connectivity index (χ2v) is 5.44. The van der Waals surface area contributed by atoms with Crippen molar-refractivity contribution < 1.29 is 9.32 Å². The molecule has 2 heterocycles. The maximum Gasteiger partial charge on any atom is 0.234 e. The number of aromatic nitrogens is 3. The fourth-order valence-electron chi connectivity index (χ4n) is 2.40. The van der Waals surface area contributed by atoms with E-state index in [4.69, 9.17) is 4.52 Å². The fourth-order valence-corrected chi connectivity index (χ4v) is 2.40. The molecule has 0 aliphatic carbocycles. The first-order valence-corrected chi connectivity index (χ1v) is 7.46. The molecule has 0 aliphatic rings. The van der Waals surface area contributed by atoms with Crippen LogP contribution in [0.3, 0.4) is 0 Å². The molecule has 6 nitrogen and oxygen atoms in total. The van der Waals surface area contributed by atoms with Crippen LogP contribution in [0.4, 0.5) is 5.88 Å². The van der Waals surface area contributed by atoms with Crippen molar-refractivity contribution in [2.45, 2.75) is 26.3 Å². The normalized spacial score (nSPS) is 12.1. The lowest BCUT2D eigenvalue weighted by molar-refractivity contribution is -0.117. The molecular weight excluding hydrogens is 292 g/mol. The SMILES string of the molecule is Cc1c(-c2ccccc2)noc1NC(=O)CC(C)n1cccn1. The Labute approximate surface area is 134 Å². The van der Waals surface area contributed by atoms with E-state index in [0.29, 0.717) is 12.3 Å². The average Bonchev–Trinajstić information content (AvgIpc) is 3.19. The predicted molar refractivity (Wildman–Crippen MR) is 86.9 cm³/mol. The van der Waals surface area contributed by atoms with Crippen LogP contribution in [0.25, 0.3) is 11.3 Å². The zero-order valence-corrected chi connectivity index (χ0v) is 13.1. The standard InChI is InChI=1S/C17H18N4O2/c1-12(21-10-6-9-18-21)11-15(22)19-17-13(2)16(20-23-17)14-7-4-3-5-8-14/h3-10,12H,11H2,1-2H3,(H,19,22). The summed E-state index contributed by atoms with van der Waals surface area (Å²) in [6.45, 7) is 3.82. The summed E-state index contributed by atoms with van der Waals surface area (Å²) in [5.41, 5.74) is 2.51. The van der Waals surface area contributed by atoms with Gasteiger partial charge in [-0.05, 0) is 19.9 Å². The number of amides is 1. The molecule has 1 unspecified atom stereocenters. The van der Waals surface area contributed by atoms with E-state index in [1.54, 1.807) is 10.9 Å². The number of rotatable bonds is 5. The van der Waals surface area contributed by atoms with Gasteiger partial charge in [0.1, 0.15) is 5.69 Å². The van der Waals surface area contributed by atoms with E-state index in [9.17, 15) is 4.79 Å². The Balaban J connectivity index is 1.69. The molecule has 1 N–H and O–H groups in total. The monoisotopic (exact) mass is 310 g/mol. The molecule has 0 saturated carbocycles. The molecule has 2 aromatic heterocycles. The third-order valence-corrected chi connectivity index (χ3v) is 3.68. The van der Waals surface area contributed by atoms with E-state index in [1.807, 2.05) is 56.4 Å². The molecule has 1 atom stereocenters. The highest BCUT2D eigenvalue weighted by atomic mass is 16.5. The summed E-state index contributed by atoms with van der Waals surface area (Å²) >= 11 is 0. The molecule has 0 saturated heterocycles. The highest BCUT2D eigenvalue weighted by molar-refractivity contribution is 5.91. The summed E-state index contributed by atoms with van der Waals surface area (Å²) in [7, 11) is 0. The van der Waals surface area contributed by atoms with E-state index in [2.05, 4.69) is 15.6 Å². The van der Waals surface area contributed by atoms with Crippen molar-refractivity contribution in [2.75, 3.05) is 5.32 Å². The molecule has 0 radical (unpaired) electrons. The smallest absolute Gasteiger partial charge is 0.234 e. The average molecular weight is 310 g/mol. The van der Waals surface area contributed by atoms with Crippen LogP contribution in [0.5, 0.6) is 0 Å². The zero-order valence-electron chi connectivity index (χ0n) is 13.1. The fraction of sp³-hybridized carbons (Fsp3) is 0.235. The molecular formula is C17H18N4O2. The van der Waals surface area contributed by atoms with Crippen molar-refractivity contribution in [3.8, 4) is 11.3 Å². The maximum absolute atomic E-state index is 12.2. The molecule has 6 heteroatoms. The van der Waals surface area contributed by atoms with Crippen molar-refractivity contribution in [1.29, 1.82) is 0 Å². The first kappa shape index (κ1) is 15.0. The Bertz CT molecular complexity index is 778. The summed E-state index contributed by atoms with van der Waals surface area (Å²) in [4.78, 5) is 12.2. The molecule has 3 aromatic rings. The lowest BCUT2D eigenvalue weighted by Crippen LogP contribution is -2.18. The highest BCUT2D eigenvalue weighted by Gasteiger charge is 2.17. The van der Waals surface area contributed by atoms with Crippen molar-refractivity contribution in [2.24, 2.45) is 0 Å². The highest BCUT2D eigenvalue weighted by Crippen LogP contribution is 2.27. The second kappa shape index (κ2) is 6.48. The van der Waals surface area contributed by atoms with Crippen LogP contribution in [0.1, 0.15) is 24.9 Å². The minimum absolute atomic E-state index is 0.0261. The van der Waals surface area contributed by atoms with Crippen molar-refractivity contribution >= 4 is 11.8 Å². The maximum atomic E-state index is 12.2. The molecule has 1 amide bonds. The van der Waals surface area contributed by atoms with E-state index in [1.165, 1.54) is 0 Å². The number of carbonyl (C=O) groups is 1. The number of benzene rings is 1. The van der Waals surface area contributed by atoms with E-state index < -0.39 is 0 Å². The summed E-state index contributed by atoms with van der Waals surface area (Å²) in [6, 6.07) is 11.5. The first-order valence-electron chi connectivity index (χ1n) is 7.46. The summed E-state index contributed by atoms with van der Waals surface area (Å²) < 4.78 is 7.04. The van der Waals surface area contributed by atoms with Crippen molar-refractivity contribution in [1.82, 2.24) is 14.9 Å².